The molecule has 1 amide bonds. The third-order valence-corrected chi connectivity index (χ3v) is 4.16. The number of carbonyl (C=O) groups excluding carboxylic acids is 1. The van der Waals surface area contributed by atoms with Crippen molar-refractivity contribution >= 4 is 18.3 Å². The zero-order valence-electron chi connectivity index (χ0n) is 12.7. The van der Waals surface area contributed by atoms with Crippen molar-refractivity contribution in [2.24, 2.45) is 11.7 Å². The molecule has 1 aliphatic rings. The van der Waals surface area contributed by atoms with Gasteiger partial charge in [-0.25, -0.2) is 0 Å². The van der Waals surface area contributed by atoms with Gasteiger partial charge in [0.25, 0.3) is 0 Å². The summed E-state index contributed by atoms with van der Waals surface area (Å²) in [5, 5.41) is 0. The van der Waals surface area contributed by atoms with Crippen LogP contribution in [0.15, 0.2) is 24.3 Å². The van der Waals surface area contributed by atoms with Crippen LogP contribution in [0.4, 0.5) is 0 Å². The number of benzene rings is 1. The van der Waals surface area contributed by atoms with Gasteiger partial charge >= 0.3 is 0 Å². The quantitative estimate of drug-likeness (QED) is 0.909. The first kappa shape index (κ1) is 17.8. The number of rotatable bonds is 5. The number of halogens is 1. The summed E-state index contributed by atoms with van der Waals surface area (Å²) in [5.74, 6) is 1.38. The van der Waals surface area contributed by atoms with Crippen molar-refractivity contribution in [1.82, 2.24) is 4.90 Å². The van der Waals surface area contributed by atoms with Gasteiger partial charge in [-0.3, -0.25) is 4.79 Å². The highest BCUT2D eigenvalue weighted by atomic mass is 35.5. The number of hydrogen-bond donors (Lipinski definition) is 1. The van der Waals surface area contributed by atoms with Crippen LogP contribution in [0.25, 0.3) is 0 Å². The smallest absolute Gasteiger partial charge is 0.222 e. The summed E-state index contributed by atoms with van der Waals surface area (Å²) in [6, 6.07) is 8.02. The predicted octanol–water partition coefficient (Wildman–Crippen LogP) is 2.59. The monoisotopic (exact) mass is 312 g/mol. The number of nitrogens with zero attached hydrogens (tertiary/aromatic N) is 1. The summed E-state index contributed by atoms with van der Waals surface area (Å²) < 4.78 is 5.13. The Kier molecular flexibility index (Phi) is 6.99. The lowest BCUT2D eigenvalue weighted by atomic mass is 9.99. The van der Waals surface area contributed by atoms with Gasteiger partial charge in [0.1, 0.15) is 5.75 Å². The zero-order valence-corrected chi connectivity index (χ0v) is 13.6. The molecule has 0 aliphatic heterocycles. The summed E-state index contributed by atoms with van der Waals surface area (Å²) in [6.45, 7) is 0.630. The van der Waals surface area contributed by atoms with E-state index in [1.54, 1.807) is 12.0 Å². The van der Waals surface area contributed by atoms with Crippen molar-refractivity contribution in [3.8, 4) is 5.75 Å². The topological polar surface area (TPSA) is 55.6 Å². The molecular weight excluding hydrogens is 288 g/mol. The van der Waals surface area contributed by atoms with Crippen LogP contribution in [0.3, 0.4) is 0 Å². The minimum absolute atomic E-state index is 0. The maximum atomic E-state index is 12.2. The molecule has 0 aromatic heterocycles. The van der Waals surface area contributed by atoms with Crippen molar-refractivity contribution in [2.75, 3.05) is 14.2 Å². The fourth-order valence-corrected chi connectivity index (χ4v) is 2.79. The van der Waals surface area contributed by atoms with Gasteiger partial charge in [-0.2, -0.15) is 0 Å². The van der Waals surface area contributed by atoms with Crippen LogP contribution in [0.1, 0.15) is 31.2 Å². The molecule has 2 rings (SSSR count). The van der Waals surface area contributed by atoms with Crippen LogP contribution >= 0.6 is 12.4 Å². The van der Waals surface area contributed by atoms with Crippen LogP contribution in [0.2, 0.25) is 0 Å². The van der Waals surface area contributed by atoms with Crippen molar-refractivity contribution in [3.63, 3.8) is 0 Å². The van der Waals surface area contributed by atoms with Crippen LogP contribution < -0.4 is 10.5 Å². The lowest BCUT2D eigenvalue weighted by Crippen LogP contribution is -2.32. The highest BCUT2D eigenvalue weighted by Gasteiger charge is 2.27. The minimum Gasteiger partial charge on any atom is -0.497 e. The normalized spacial score (nSPS) is 20.7. The molecule has 0 unspecified atom stereocenters. The van der Waals surface area contributed by atoms with Gasteiger partial charge in [-0.15, -0.1) is 12.4 Å². The standard InChI is InChI=1S/C16H24N2O2.ClH/c1-18(11-12-6-8-14(20-2)9-7-12)16(19)10-13-4-3-5-15(13)17;/h6-9,13,15H,3-5,10-11,17H2,1-2H3;1H/t13-,15+;/m0./s1. The number of amides is 1. The first-order chi connectivity index (χ1) is 9.60. The summed E-state index contributed by atoms with van der Waals surface area (Å²) in [7, 11) is 3.50. The van der Waals surface area contributed by atoms with Crippen molar-refractivity contribution in [3.05, 3.63) is 29.8 Å². The maximum Gasteiger partial charge on any atom is 0.222 e. The molecule has 0 radical (unpaired) electrons. The average Bonchev–Trinajstić information content (AvgIpc) is 2.85. The number of ether oxygens (including phenoxy) is 1. The third kappa shape index (κ3) is 4.90. The molecule has 4 nitrogen and oxygen atoms in total. The van der Waals surface area contributed by atoms with Crippen LogP contribution in [-0.2, 0) is 11.3 Å². The molecule has 1 fully saturated rings. The number of hydrogen-bond acceptors (Lipinski definition) is 3. The second-order valence-corrected chi connectivity index (χ2v) is 5.66. The van der Waals surface area contributed by atoms with Gasteiger partial charge in [0, 0.05) is 26.1 Å². The molecule has 2 atom stereocenters. The van der Waals surface area contributed by atoms with Crippen LogP contribution in [0.5, 0.6) is 5.75 Å². The van der Waals surface area contributed by atoms with Gasteiger partial charge in [0.15, 0.2) is 0 Å². The molecular formula is C16H25ClN2O2. The Balaban J connectivity index is 0.00000220. The van der Waals surface area contributed by atoms with Crippen molar-refractivity contribution in [2.45, 2.75) is 38.3 Å². The minimum atomic E-state index is 0. The number of nitrogens with two attached hydrogens (primary N) is 1. The molecule has 0 saturated heterocycles. The Morgan fingerprint density at radius 3 is 2.52 bits per heavy atom. The molecule has 0 spiro atoms. The third-order valence-electron chi connectivity index (χ3n) is 4.16. The van der Waals surface area contributed by atoms with Gasteiger partial charge < -0.3 is 15.4 Å². The van der Waals surface area contributed by atoms with Crippen LogP contribution in [-0.4, -0.2) is 31.0 Å². The second kappa shape index (κ2) is 8.25. The van der Waals surface area contributed by atoms with Crippen molar-refractivity contribution in [1.29, 1.82) is 0 Å². The Bertz CT molecular complexity index is 450. The Morgan fingerprint density at radius 2 is 2.00 bits per heavy atom. The molecule has 1 aliphatic carbocycles. The van der Waals surface area contributed by atoms with E-state index in [2.05, 4.69) is 0 Å². The molecule has 1 aromatic rings. The maximum absolute atomic E-state index is 12.2. The molecule has 1 aromatic carbocycles. The molecule has 0 heterocycles. The van der Waals surface area contributed by atoms with Gasteiger partial charge in [-0.05, 0) is 36.5 Å². The lowest BCUT2D eigenvalue weighted by molar-refractivity contribution is -0.131. The van der Waals surface area contributed by atoms with E-state index in [1.165, 1.54) is 0 Å². The van der Waals surface area contributed by atoms with E-state index in [0.717, 1.165) is 30.6 Å². The van der Waals surface area contributed by atoms with Crippen LogP contribution in [0, 0.1) is 5.92 Å². The van der Waals surface area contributed by atoms with E-state index in [1.807, 2.05) is 31.3 Å². The predicted molar refractivity (Wildman–Crippen MR) is 86.6 cm³/mol. The zero-order chi connectivity index (χ0) is 14.5. The lowest BCUT2D eigenvalue weighted by Gasteiger charge is -2.21. The average molecular weight is 313 g/mol. The second-order valence-electron chi connectivity index (χ2n) is 5.66. The fraction of sp³-hybridized carbons (Fsp3) is 0.562. The summed E-state index contributed by atoms with van der Waals surface area (Å²) in [5.41, 5.74) is 7.14. The number of methoxy groups -OCH3 is 1. The van der Waals surface area contributed by atoms with E-state index in [0.29, 0.717) is 18.9 Å². The number of carbonyl (C=O) groups is 1. The Morgan fingerprint density at radius 1 is 1.33 bits per heavy atom. The van der Waals surface area contributed by atoms with Gasteiger partial charge in [-0.1, -0.05) is 18.6 Å². The molecule has 21 heavy (non-hydrogen) atoms. The Labute approximate surface area is 133 Å². The first-order valence-electron chi connectivity index (χ1n) is 7.22. The summed E-state index contributed by atoms with van der Waals surface area (Å²) in [6.07, 6.45) is 3.87. The van der Waals surface area contributed by atoms with E-state index in [4.69, 9.17) is 10.5 Å². The van der Waals surface area contributed by atoms with Crippen molar-refractivity contribution < 1.29 is 9.53 Å². The molecule has 118 valence electrons. The summed E-state index contributed by atoms with van der Waals surface area (Å²) in [4.78, 5) is 14.0. The van der Waals surface area contributed by atoms with E-state index in [-0.39, 0.29) is 24.4 Å². The SMILES string of the molecule is COc1ccc(CN(C)C(=O)C[C@@H]2CCC[C@H]2N)cc1.Cl. The molecule has 5 heteroatoms. The van der Waals surface area contributed by atoms with E-state index >= 15 is 0 Å². The van der Waals surface area contributed by atoms with Gasteiger partial charge in [0.2, 0.25) is 5.91 Å². The highest BCUT2D eigenvalue weighted by molar-refractivity contribution is 5.85. The van der Waals surface area contributed by atoms with Gasteiger partial charge in [0.05, 0.1) is 7.11 Å². The van der Waals surface area contributed by atoms with E-state index in [9.17, 15) is 4.79 Å². The molecule has 1 saturated carbocycles. The highest BCUT2D eigenvalue weighted by Crippen LogP contribution is 2.27. The first-order valence-corrected chi connectivity index (χ1v) is 7.22. The van der Waals surface area contributed by atoms with E-state index < -0.39 is 0 Å². The molecule has 2 N–H and O–H groups in total. The fourth-order valence-electron chi connectivity index (χ4n) is 2.79. The Hall–Kier alpha value is -1.26. The molecule has 0 bridgehead atoms. The summed E-state index contributed by atoms with van der Waals surface area (Å²) >= 11 is 0. The largest absolute Gasteiger partial charge is 0.497 e.